The van der Waals surface area contributed by atoms with Crippen molar-refractivity contribution in [3.63, 3.8) is 0 Å². The molecule has 38 heavy (non-hydrogen) atoms. The second kappa shape index (κ2) is 11.2. The first-order chi connectivity index (χ1) is 18.3. The lowest BCUT2D eigenvalue weighted by Crippen LogP contribution is -2.34. The number of hydrogen-bond donors (Lipinski definition) is 2. The van der Waals surface area contributed by atoms with E-state index < -0.39 is 23.3 Å². The zero-order chi connectivity index (χ0) is 27.2. The summed E-state index contributed by atoms with van der Waals surface area (Å²) in [6, 6.07) is 24.1. The van der Waals surface area contributed by atoms with Gasteiger partial charge in [0, 0.05) is 7.05 Å². The smallest absolute Gasteiger partial charge is 0.343 e. The predicted molar refractivity (Wildman–Crippen MR) is 143 cm³/mol. The summed E-state index contributed by atoms with van der Waals surface area (Å²) in [6.45, 7) is 3.31. The van der Waals surface area contributed by atoms with Gasteiger partial charge in [-0.15, -0.1) is 0 Å². The number of carbonyl (C=O) groups excluding carboxylic acids is 3. The van der Waals surface area contributed by atoms with E-state index in [4.69, 9.17) is 4.74 Å². The van der Waals surface area contributed by atoms with Crippen molar-refractivity contribution in [2.75, 3.05) is 5.32 Å². The molecule has 0 aliphatic rings. The van der Waals surface area contributed by atoms with E-state index in [1.807, 2.05) is 6.07 Å². The van der Waals surface area contributed by atoms with Crippen LogP contribution in [0.15, 0.2) is 94.8 Å². The van der Waals surface area contributed by atoms with Crippen LogP contribution < -0.4 is 21.0 Å². The first kappa shape index (κ1) is 25.8. The molecule has 0 bridgehead atoms. The SMILES string of the molecule is C/C(=N\NC(=O)C(=O)Nc1c(C)n(C)n(-c2ccccc2)c1=O)c1ccc(OC(=O)c2ccccc2)cc1. The highest BCUT2D eigenvalue weighted by Crippen LogP contribution is 2.16. The molecular formula is C28H25N5O5. The number of carbonyl (C=O) groups is 3. The van der Waals surface area contributed by atoms with Crippen LogP contribution >= 0.6 is 0 Å². The summed E-state index contributed by atoms with van der Waals surface area (Å²) >= 11 is 0. The van der Waals surface area contributed by atoms with Gasteiger partial charge in [0.2, 0.25) is 0 Å². The maximum Gasteiger partial charge on any atom is 0.343 e. The lowest BCUT2D eigenvalue weighted by Gasteiger charge is -2.07. The van der Waals surface area contributed by atoms with Gasteiger partial charge >= 0.3 is 17.8 Å². The minimum atomic E-state index is -1.04. The van der Waals surface area contributed by atoms with Gasteiger partial charge in [-0.25, -0.2) is 14.9 Å². The van der Waals surface area contributed by atoms with Gasteiger partial charge in [-0.2, -0.15) is 5.10 Å². The zero-order valence-corrected chi connectivity index (χ0v) is 21.0. The fourth-order valence-electron chi connectivity index (χ4n) is 3.64. The molecular weight excluding hydrogens is 486 g/mol. The summed E-state index contributed by atoms with van der Waals surface area (Å²) < 4.78 is 8.33. The number of para-hydroxylation sites is 1. The fraction of sp³-hybridized carbons (Fsp3) is 0.107. The van der Waals surface area contributed by atoms with Crippen LogP contribution in [0, 0.1) is 6.92 Å². The number of hydrogen-bond acceptors (Lipinski definition) is 6. The number of esters is 1. The number of anilines is 1. The molecule has 0 spiro atoms. The second-order valence-electron chi connectivity index (χ2n) is 8.31. The first-order valence-electron chi connectivity index (χ1n) is 11.6. The van der Waals surface area contributed by atoms with Crippen LogP contribution in [-0.2, 0) is 16.6 Å². The Morgan fingerprint density at radius 1 is 0.816 bits per heavy atom. The Kier molecular flexibility index (Phi) is 7.62. The van der Waals surface area contributed by atoms with Crippen LogP contribution in [0.3, 0.4) is 0 Å². The highest BCUT2D eigenvalue weighted by molar-refractivity contribution is 6.39. The molecule has 4 rings (SSSR count). The minimum absolute atomic E-state index is 0.00200. The van der Waals surface area contributed by atoms with Crippen LogP contribution in [0.1, 0.15) is 28.5 Å². The van der Waals surface area contributed by atoms with Gasteiger partial charge in [-0.1, -0.05) is 36.4 Å². The maximum absolute atomic E-state index is 12.9. The Labute approximate surface area is 218 Å². The molecule has 10 nitrogen and oxygen atoms in total. The van der Waals surface area contributed by atoms with Gasteiger partial charge in [-0.3, -0.25) is 19.1 Å². The normalized spacial score (nSPS) is 11.1. The largest absolute Gasteiger partial charge is 0.423 e. The van der Waals surface area contributed by atoms with Gasteiger partial charge in [-0.05, 0) is 67.9 Å². The van der Waals surface area contributed by atoms with E-state index in [1.54, 1.807) is 104 Å². The Morgan fingerprint density at radius 3 is 2.05 bits per heavy atom. The highest BCUT2D eigenvalue weighted by Gasteiger charge is 2.21. The van der Waals surface area contributed by atoms with Crippen LogP contribution in [0.4, 0.5) is 5.69 Å². The van der Waals surface area contributed by atoms with E-state index in [9.17, 15) is 19.2 Å². The Bertz CT molecular complexity index is 1570. The molecule has 1 heterocycles. The van der Waals surface area contributed by atoms with E-state index in [-0.39, 0.29) is 5.69 Å². The number of nitrogens with one attached hydrogen (secondary N) is 2. The van der Waals surface area contributed by atoms with Crippen molar-refractivity contribution in [2.24, 2.45) is 12.1 Å². The van der Waals surface area contributed by atoms with Crippen molar-refractivity contribution in [2.45, 2.75) is 13.8 Å². The summed E-state index contributed by atoms with van der Waals surface area (Å²) in [5.41, 5.74) is 4.30. The number of hydrazone groups is 1. The molecule has 3 aromatic carbocycles. The molecule has 0 saturated carbocycles. The van der Waals surface area contributed by atoms with E-state index in [0.29, 0.717) is 34.0 Å². The van der Waals surface area contributed by atoms with E-state index >= 15 is 0 Å². The van der Waals surface area contributed by atoms with Crippen LogP contribution in [0.25, 0.3) is 5.69 Å². The maximum atomic E-state index is 12.9. The number of aromatic nitrogens is 2. The molecule has 0 atom stereocenters. The van der Waals surface area contributed by atoms with Crippen molar-refractivity contribution in [1.82, 2.24) is 14.8 Å². The topological polar surface area (TPSA) is 124 Å². The molecule has 10 heteroatoms. The van der Waals surface area contributed by atoms with Gasteiger partial charge in [0.25, 0.3) is 5.56 Å². The Hall–Kier alpha value is -5.25. The van der Waals surface area contributed by atoms with E-state index in [0.717, 1.165) is 0 Å². The van der Waals surface area contributed by atoms with Crippen LogP contribution in [-0.4, -0.2) is 32.9 Å². The molecule has 0 aliphatic heterocycles. The molecule has 1 aromatic heterocycles. The number of ether oxygens (including phenoxy) is 1. The first-order valence-corrected chi connectivity index (χ1v) is 11.6. The van der Waals surface area contributed by atoms with Crippen LogP contribution in [0.5, 0.6) is 5.75 Å². The Balaban J connectivity index is 1.39. The van der Waals surface area contributed by atoms with Crippen molar-refractivity contribution >= 4 is 29.2 Å². The summed E-state index contributed by atoms with van der Waals surface area (Å²) in [5.74, 6) is -2.20. The van der Waals surface area contributed by atoms with Crippen molar-refractivity contribution in [3.05, 3.63) is 112 Å². The van der Waals surface area contributed by atoms with Crippen LogP contribution in [0.2, 0.25) is 0 Å². The number of nitrogens with zero attached hydrogens (tertiary/aromatic N) is 3. The third kappa shape index (κ3) is 5.59. The molecule has 4 aromatic rings. The molecule has 0 unspecified atom stereocenters. The lowest BCUT2D eigenvalue weighted by atomic mass is 10.1. The third-order valence-corrected chi connectivity index (χ3v) is 5.82. The van der Waals surface area contributed by atoms with E-state index in [1.165, 1.54) is 4.68 Å². The molecule has 0 aliphatic carbocycles. The van der Waals surface area contributed by atoms with Gasteiger partial charge < -0.3 is 10.1 Å². The van der Waals surface area contributed by atoms with Crippen molar-refractivity contribution < 1.29 is 19.1 Å². The standard InChI is InChI=1S/C28H25N5O5/c1-18(20-14-16-23(17-15-20)38-28(37)21-10-6-4-7-11-21)30-31-26(35)25(34)29-24-19(2)32(3)33(27(24)36)22-12-8-5-9-13-22/h4-17H,1-3H3,(H,29,34)(H,31,35)/b30-18+. The average molecular weight is 512 g/mol. The molecule has 0 radical (unpaired) electrons. The zero-order valence-electron chi connectivity index (χ0n) is 21.0. The fourth-order valence-corrected chi connectivity index (χ4v) is 3.64. The Morgan fingerprint density at radius 2 is 1.42 bits per heavy atom. The molecule has 192 valence electrons. The lowest BCUT2D eigenvalue weighted by molar-refractivity contribution is -0.136. The van der Waals surface area contributed by atoms with Crippen molar-refractivity contribution in [3.8, 4) is 11.4 Å². The van der Waals surface area contributed by atoms with Gasteiger partial charge in [0.1, 0.15) is 11.4 Å². The number of benzene rings is 3. The highest BCUT2D eigenvalue weighted by atomic mass is 16.5. The predicted octanol–water partition coefficient (Wildman–Crippen LogP) is 3.18. The summed E-state index contributed by atoms with van der Waals surface area (Å²) in [5, 5.41) is 6.36. The third-order valence-electron chi connectivity index (χ3n) is 5.82. The number of amides is 2. The van der Waals surface area contributed by atoms with E-state index in [2.05, 4.69) is 15.8 Å². The quantitative estimate of drug-likeness (QED) is 0.135. The molecule has 0 fully saturated rings. The summed E-state index contributed by atoms with van der Waals surface area (Å²) in [4.78, 5) is 50.0. The van der Waals surface area contributed by atoms with Gasteiger partial charge in [0.15, 0.2) is 0 Å². The minimum Gasteiger partial charge on any atom is -0.423 e. The monoisotopic (exact) mass is 511 g/mol. The average Bonchev–Trinajstić information content (AvgIpc) is 3.15. The van der Waals surface area contributed by atoms with Gasteiger partial charge in [0.05, 0.1) is 22.7 Å². The molecule has 2 amide bonds. The molecule has 2 N–H and O–H groups in total. The number of rotatable bonds is 6. The summed E-state index contributed by atoms with van der Waals surface area (Å²) in [6.07, 6.45) is 0. The molecule has 0 saturated heterocycles. The van der Waals surface area contributed by atoms with Crippen molar-refractivity contribution in [1.29, 1.82) is 0 Å². The summed E-state index contributed by atoms with van der Waals surface area (Å²) in [7, 11) is 1.68. The second-order valence-corrected chi connectivity index (χ2v) is 8.31.